The Kier molecular flexibility index (Phi) is 3.94. The normalized spacial score (nSPS) is 10.7. The van der Waals surface area contributed by atoms with Gasteiger partial charge in [0.15, 0.2) is 5.69 Å². The number of hydrogen-bond donors (Lipinski definition) is 0. The second-order valence-corrected chi connectivity index (χ2v) is 4.12. The van der Waals surface area contributed by atoms with Crippen LogP contribution in [-0.4, -0.2) is 37.1 Å². The summed E-state index contributed by atoms with van der Waals surface area (Å²) in [7, 11) is 1.86. The van der Waals surface area contributed by atoms with E-state index in [0.29, 0.717) is 18.8 Å². The summed E-state index contributed by atoms with van der Waals surface area (Å²) < 4.78 is 8.55. The Morgan fingerprint density at radius 1 is 1.42 bits per heavy atom. The van der Waals surface area contributed by atoms with Crippen molar-refractivity contribution >= 4 is 5.97 Å². The lowest BCUT2D eigenvalue weighted by molar-refractivity contribution is 0.0520. The van der Waals surface area contributed by atoms with Gasteiger partial charge in [0.1, 0.15) is 5.69 Å². The van der Waals surface area contributed by atoms with Crippen molar-refractivity contribution in [2.45, 2.75) is 26.8 Å². The molecule has 0 aromatic carbocycles. The Bertz CT molecular complexity index is 572. The van der Waals surface area contributed by atoms with Crippen LogP contribution in [0.4, 0.5) is 0 Å². The highest BCUT2D eigenvalue weighted by molar-refractivity contribution is 5.93. The summed E-state index contributed by atoms with van der Waals surface area (Å²) in [4.78, 5) is 16.0. The first-order valence-electron chi connectivity index (χ1n) is 6.26. The predicted molar refractivity (Wildman–Crippen MR) is 68.5 cm³/mol. The smallest absolute Gasteiger partial charge is 0.361 e. The van der Waals surface area contributed by atoms with E-state index in [0.717, 1.165) is 12.1 Å². The maximum absolute atomic E-state index is 11.9. The van der Waals surface area contributed by atoms with Crippen LogP contribution < -0.4 is 0 Å². The van der Waals surface area contributed by atoms with Gasteiger partial charge in [-0.05, 0) is 13.3 Å². The highest BCUT2D eigenvalue weighted by Gasteiger charge is 2.23. The van der Waals surface area contributed by atoms with E-state index in [2.05, 4.69) is 15.3 Å². The maximum Gasteiger partial charge on any atom is 0.361 e. The number of carbonyl (C=O) groups is 1. The number of hydrogen-bond acceptors (Lipinski definition) is 5. The molecule has 0 spiro atoms. The van der Waals surface area contributed by atoms with Crippen LogP contribution in [-0.2, 0) is 18.3 Å². The van der Waals surface area contributed by atoms with Crippen molar-refractivity contribution in [1.29, 1.82) is 0 Å². The molecule has 0 atom stereocenters. The average molecular weight is 263 g/mol. The van der Waals surface area contributed by atoms with Crippen LogP contribution in [0.25, 0.3) is 11.4 Å². The molecule has 102 valence electrons. The Balaban J connectivity index is 2.51. The zero-order valence-corrected chi connectivity index (χ0v) is 11.3. The van der Waals surface area contributed by atoms with Gasteiger partial charge in [-0.1, -0.05) is 12.1 Å². The Labute approximate surface area is 111 Å². The molecule has 0 N–H and O–H groups in total. The van der Waals surface area contributed by atoms with E-state index in [4.69, 9.17) is 4.74 Å². The van der Waals surface area contributed by atoms with Crippen molar-refractivity contribution in [2.75, 3.05) is 6.61 Å². The van der Waals surface area contributed by atoms with E-state index in [1.54, 1.807) is 24.1 Å². The molecular weight excluding hydrogens is 246 g/mol. The van der Waals surface area contributed by atoms with Crippen LogP contribution in [0.15, 0.2) is 12.5 Å². The summed E-state index contributed by atoms with van der Waals surface area (Å²) in [6.07, 6.45) is 4.26. The van der Waals surface area contributed by atoms with Gasteiger partial charge in [-0.3, -0.25) is 0 Å². The lowest BCUT2D eigenvalue weighted by Crippen LogP contribution is -2.09. The third-order valence-electron chi connectivity index (χ3n) is 2.70. The number of ether oxygens (including phenoxy) is 1. The van der Waals surface area contributed by atoms with E-state index in [-0.39, 0.29) is 5.69 Å². The van der Waals surface area contributed by atoms with Gasteiger partial charge in [-0.15, -0.1) is 5.10 Å². The van der Waals surface area contributed by atoms with Crippen molar-refractivity contribution < 1.29 is 9.53 Å². The highest BCUT2D eigenvalue weighted by atomic mass is 16.5. The third-order valence-corrected chi connectivity index (χ3v) is 2.70. The number of imidazole rings is 1. The minimum atomic E-state index is -0.457. The minimum absolute atomic E-state index is 0.235. The standard InChI is InChI=1S/C12H17N5O2/c1-4-6-17-11(9-7-13-8-16(9)3)10(14-15-17)12(18)19-5-2/h7-8H,4-6H2,1-3H3. The monoisotopic (exact) mass is 263 g/mol. The fourth-order valence-electron chi connectivity index (χ4n) is 1.86. The van der Waals surface area contributed by atoms with Crippen LogP contribution in [0.3, 0.4) is 0 Å². The van der Waals surface area contributed by atoms with Crippen LogP contribution in [0.5, 0.6) is 0 Å². The molecule has 2 rings (SSSR count). The van der Waals surface area contributed by atoms with Crippen LogP contribution in [0.2, 0.25) is 0 Å². The SMILES string of the molecule is CCCn1nnc(C(=O)OCC)c1-c1cncn1C. The Morgan fingerprint density at radius 3 is 2.79 bits per heavy atom. The number of rotatable bonds is 5. The Morgan fingerprint density at radius 2 is 2.21 bits per heavy atom. The highest BCUT2D eigenvalue weighted by Crippen LogP contribution is 2.22. The molecule has 2 heterocycles. The van der Waals surface area contributed by atoms with Crippen molar-refractivity contribution in [3.05, 3.63) is 18.2 Å². The number of aryl methyl sites for hydroxylation is 2. The van der Waals surface area contributed by atoms with Gasteiger partial charge < -0.3 is 9.30 Å². The van der Waals surface area contributed by atoms with Crippen molar-refractivity contribution in [3.63, 3.8) is 0 Å². The summed E-state index contributed by atoms with van der Waals surface area (Å²) in [5.41, 5.74) is 1.68. The first kappa shape index (κ1) is 13.3. The van der Waals surface area contributed by atoms with E-state index in [9.17, 15) is 4.79 Å². The summed E-state index contributed by atoms with van der Waals surface area (Å²) in [6.45, 7) is 4.80. The largest absolute Gasteiger partial charge is 0.461 e. The molecular formula is C12H17N5O2. The predicted octanol–water partition coefficient (Wildman–Crippen LogP) is 1.27. The average Bonchev–Trinajstić information content (AvgIpc) is 2.96. The van der Waals surface area contributed by atoms with Gasteiger partial charge in [0.25, 0.3) is 0 Å². The summed E-state index contributed by atoms with van der Waals surface area (Å²) in [5, 5.41) is 7.98. The van der Waals surface area contributed by atoms with E-state index in [1.807, 2.05) is 18.5 Å². The van der Waals surface area contributed by atoms with Crippen LogP contribution >= 0.6 is 0 Å². The van der Waals surface area contributed by atoms with Crippen molar-refractivity contribution in [3.8, 4) is 11.4 Å². The zero-order valence-electron chi connectivity index (χ0n) is 11.3. The van der Waals surface area contributed by atoms with E-state index in [1.165, 1.54) is 0 Å². The lowest BCUT2D eigenvalue weighted by Gasteiger charge is -2.07. The van der Waals surface area contributed by atoms with Crippen LogP contribution in [0.1, 0.15) is 30.8 Å². The lowest BCUT2D eigenvalue weighted by atomic mass is 10.2. The molecule has 2 aromatic rings. The van der Waals surface area contributed by atoms with Crippen LogP contribution in [0, 0.1) is 0 Å². The molecule has 7 nitrogen and oxygen atoms in total. The molecule has 0 aliphatic carbocycles. The van der Waals surface area contributed by atoms with Crippen molar-refractivity contribution in [2.24, 2.45) is 7.05 Å². The molecule has 0 saturated carbocycles. The molecule has 19 heavy (non-hydrogen) atoms. The summed E-state index contributed by atoms with van der Waals surface area (Å²) >= 11 is 0. The molecule has 0 aliphatic heterocycles. The molecule has 0 fully saturated rings. The number of esters is 1. The second-order valence-electron chi connectivity index (χ2n) is 4.12. The van der Waals surface area contributed by atoms with E-state index >= 15 is 0 Å². The molecule has 0 bridgehead atoms. The molecule has 2 aromatic heterocycles. The van der Waals surface area contributed by atoms with Gasteiger partial charge in [-0.25, -0.2) is 14.5 Å². The fourth-order valence-corrected chi connectivity index (χ4v) is 1.86. The topological polar surface area (TPSA) is 74.8 Å². The quantitative estimate of drug-likeness (QED) is 0.759. The number of nitrogens with zero attached hydrogens (tertiary/aromatic N) is 5. The molecule has 0 saturated heterocycles. The summed E-state index contributed by atoms with van der Waals surface area (Å²) in [6, 6.07) is 0. The third kappa shape index (κ3) is 2.49. The maximum atomic E-state index is 11.9. The van der Waals surface area contributed by atoms with Gasteiger partial charge >= 0.3 is 5.97 Å². The second kappa shape index (κ2) is 5.64. The summed E-state index contributed by atoms with van der Waals surface area (Å²) in [5.74, 6) is -0.457. The van der Waals surface area contributed by atoms with Crippen molar-refractivity contribution in [1.82, 2.24) is 24.5 Å². The molecule has 0 amide bonds. The molecule has 0 aliphatic rings. The molecule has 0 radical (unpaired) electrons. The number of aromatic nitrogens is 5. The van der Waals surface area contributed by atoms with E-state index < -0.39 is 5.97 Å². The first-order valence-corrected chi connectivity index (χ1v) is 6.26. The number of carbonyl (C=O) groups excluding carboxylic acids is 1. The zero-order chi connectivity index (χ0) is 13.8. The first-order chi connectivity index (χ1) is 9.19. The fraction of sp³-hybridized carbons (Fsp3) is 0.500. The van der Waals surface area contributed by atoms with Gasteiger partial charge in [-0.2, -0.15) is 0 Å². The Hall–Kier alpha value is -2.18. The minimum Gasteiger partial charge on any atom is -0.461 e. The van der Waals surface area contributed by atoms with Gasteiger partial charge in [0, 0.05) is 13.6 Å². The van der Waals surface area contributed by atoms with Gasteiger partial charge in [0.2, 0.25) is 0 Å². The van der Waals surface area contributed by atoms with Gasteiger partial charge in [0.05, 0.1) is 24.8 Å². The molecule has 0 unspecified atom stereocenters. The molecule has 7 heteroatoms.